The molecular weight excluding hydrogens is 158 g/mol. The largest absolute Gasteiger partial charge is 0.481 e. The first kappa shape index (κ1) is 8.77. The first-order valence-electron chi connectivity index (χ1n) is 3.79. The molecule has 4 nitrogen and oxygen atoms in total. The molecule has 12 heavy (non-hydrogen) atoms. The molecule has 0 fully saturated rings. The van der Waals surface area contributed by atoms with Crippen molar-refractivity contribution in [1.29, 1.82) is 0 Å². The summed E-state index contributed by atoms with van der Waals surface area (Å²) in [7, 11) is 0. The van der Waals surface area contributed by atoms with Crippen LogP contribution in [0, 0.1) is 5.92 Å². The Balaban J connectivity index is 2.59. The molecule has 1 unspecified atom stereocenters. The molecular formula is C8H11NO3. The summed E-state index contributed by atoms with van der Waals surface area (Å²) >= 11 is 0. The fourth-order valence-corrected chi connectivity index (χ4v) is 1.12. The lowest BCUT2D eigenvalue weighted by molar-refractivity contribution is -0.141. The average Bonchev–Trinajstić information content (AvgIpc) is 2.04. The number of carbonyl (C=O) groups is 2. The van der Waals surface area contributed by atoms with E-state index < -0.39 is 11.9 Å². The van der Waals surface area contributed by atoms with Gasteiger partial charge in [0.05, 0.1) is 5.92 Å². The molecule has 1 atom stereocenters. The van der Waals surface area contributed by atoms with Crippen LogP contribution < -0.4 is 0 Å². The van der Waals surface area contributed by atoms with Gasteiger partial charge in [0.2, 0.25) is 5.91 Å². The van der Waals surface area contributed by atoms with Crippen LogP contribution in [0.5, 0.6) is 0 Å². The Bertz CT molecular complexity index is 210. The van der Waals surface area contributed by atoms with Crippen molar-refractivity contribution in [3.63, 3.8) is 0 Å². The second kappa shape index (κ2) is 3.38. The topological polar surface area (TPSA) is 57.6 Å². The van der Waals surface area contributed by atoms with Crippen molar-refractivity contribution in [3.05, 3.63) is 12.3 Å². The normalized spacial score (nSPS) is 22.4. The maximum atomic E-state index is 10.8. The molecule has 0 aromatic heterocycles. The lowest BCUT2D eigenvalue weighted by Gasteiger charge is -2.22. The van der Waals surface area contributed by atoms with Crippen molar-refractivity contribution in [1.82, 2.24) is 4.90 Å². The van der Waals surface area contributed by atoms with Gasteiger partial charge in [-0.25, -0.2) is 0 Å². The maximum Gasteiger partial charge on any atom is 0.310 e. The number of carboxylic acids is 1. The summed E-state index contributed by atoms with van der Waals surface area (Å²) in [6, 6.07) is 0. The van der Waals surface area contributed by atoms with Gasteiger partial charge in [-0.1, -0.05) is 6.08 Å². The molecule has 1 rings (SSSR count). The smallest absolute Gasteiger partial charge is 0.310 e. The number of nitrogens with zero attached hydrogens (tertiary/aromatic N) is 1. The minimum Gasteiger partial charge on any atom is -0.481 e. The van der Waals surface area contributed by atoms with Gasteiger partial charge in [-0.05, 0) is 6.42 Å². The van der Waals surface area contributed by atoms with Gasteiger partial charge in [-0.2, -0.15) is 0 Å². The van der Waals surface area contributed by atoms with Crippen LogP contribution in [0.25, 0.3) is 0 Å². The summed E-state index contributed by atoms with van der Waals surface area (Å²) in [6.45, 7) is 1.97. The van der Waals surface area contributed by atoms with E-state index in [1.165, 1.54) is 11.8 Å². The summed E-state index contributed by atoms with van der Waals surface area (Å²) in [6.07, 6.45) is 3.60. The lowest BCUT2D eigenvalue weighted by Crippen LogP contribution is -2.30. The number of carboxylic acid groups (broad SMARTS) is 1. The molecule has 0 saturated heterocycles. The fraction of sp³-hybridized carbons (Fsp3) is 0.500. The van der Waals surface area contributed by atoms with Crippen LogP contribution in [0.4, 0.5) is 0 Å². The highest BCUT2D eigenvalue weighted by Gasteiger charge is 2.20. The average molecular weight is 169 g/mol. The van der Waals surface area contributed by atoms with Crippen LogP contribution >= 0.6 is 0 Å². The minimum atomic E-state index is -0.825. The van der Waals surface area contributed by atoms with E-state index in [4.69, 9.17) is 5.11 Å². The number of carbonyl (C=O) groups excluding carboxylic acids is 1. The summed E-state index contributed by atoms with van der Waals surface area (Å²) < 4.78 is 0. The Kier molecular flexibility index (Phi) is 2.47. The minimum absolute atomic E-state index is 0.0462. The van der Waals surface area contributed by atoms with E-state index in [0.717, 1.165) is 0 Å². The molecule has 4 heteroatoms. The van der Waals surface area contributed by atoms with Crippen molar-refractivity contribution in [2.45, 2.75) is 13.3 Å². The molecule has 1 aliphatic heterocycles. The number of rotatable bonds is 1. The van der Waals surface area contributed by atoms with E-state index in [0.29, 0.717) is 13.0 Å². The van der Waals surface area contributed by atoms with Crippen molar-refractivity contribution < 1.29 is 14.7 Å². The predicted octanol–water partition coefficient (Wildman–Crippen LogP) is 0.453. The number of amides is 1. The van der Waals surface area contributed by atoms with E-state index >= 15 is 0 Å². The second-order valence-corrected chi connectivity index (χ2v) is 2.79. The molecule has 1 heterocycles. The third-order valence-corrected chi connectivity index (χ3v) is 1.90. The van der Waals surface area contributed by atoms with Crippen molar-refractivity contribution in [3.8, 4) is 0 Å². The highest BCUT2D eigenvalue weighted by atomic mass is 16.4. The third kappa shape index (κ3) is 1.84. The lowest BCUT2D eigenvalue weighted by atomic mass is 10.0. The third-order valence-electron chi connectivity index (χ3n) is 1.90. The molecule has 66 valence electrons. The van der Waals surface area contributed by atoms with Gasteiger partial charge in [0.1, 0.15) is 0 Å². The Morgan fingerprint density at radius 3 is 2.58 bits per heavy atom. The van der Waals surface area contributed by atoms with E-state index in [-0.39, 0.29) is 5.91 Å². The molecule has 0 radical (unpaired) electrons. The summed E-state index contributed by atoms with van der Waals surface area (Å²) in [5.74, 6) is -1.30. The monoisotopic (exact) mass is 169 g/mol. The van der Waals surface area contributed by atoms with E-state index in [1.807, 2.05) is 0 Å². The second-order valence-electron chi connectivity index (χ2n) is 2.79. The zero-order chi connectivity index (χ0) is 9.14. The standard InChI is InChI=1S/C8H11NO3/c1-6(10)9-4-2-7(3-5-9)8(11)12/h2,4,7H,3,5H2,1H3,(H,11,12). The molecule has 0 spiro atoms. The molecule has 0 saturated carbocycles. The van der Waals surface area contributed by atoms with Crippen molar-refractivity contribution in [2.75, 3.05) is 6.54 Å². The zero-order valence-corrected chi connectivity index (χ0v) is 6.86. The van der Waals surface area contributed by atoms with E-state index in [2.05, 4.69) is 0 Å². The molecule has 1 N–H and O–H groups in total. The first-order valence-corrected chi connectivity index (χ1v) is 3.79. The molecule has 0 aromatic rings. The number of hydrogen-bond donors (Lipinski definition) is 1. The Morgan fingerprint density at radius 1 is 1.58 bits per heavy atom. The van der Waals surface area contributed by atoms with Gasteiger partial charge in [0.15, 0.2) is 0 Å². The van der Waals surface area contributed by atoms with Gasteiger partial charge in [0.25, 0.3) is 0 Å². The first-order chi connectivity index (χ1) is 5.61. The van der Waals surface area contributed by atoms with E-state index in [9.17, 15) is 9.59 Å². The quantitative estimate of drug-likeness (QED) is 0.620. The highest BCUT2D eigenvalue weighted by molar-refractivity contribution is 5.76. The van der Waals surface area contributed by atoms with Gasteiger partial charge in [0, 0.05) is 19.7 Å². The van der Waals surface area contributed by atoms with Crippen molar-refractivity contribution in [2.24, 2.45) is 5.92 Å². The van der Waals surface area contributed by atoms with Crippen LogP contribution in [0.2, 0.25) is 0 Å². The summed E-state index contributed by atoms with van der Waals surface area (Å²) in [5, 5.41) is 8.61. The Morgan fingerprint density at radius 2 is 2.25 bits per heavy atom. The van der Waals surface area contributed by atoms with E-state index in [1.54, 1.807) is 12.3 Å². The Labute approximate surface area is 70.5 Å². The summed E-state index contributed by atoms with van der Waals surface area (Å²) in [4.78, 5) is 22.8. The number of aliphatic carboxylic acids is 1. The maximum absolute atomic E-state index is 10.8. The van der Waals surface area contributed by atoms with Crippen LogP contribution in [0.3, 0.4) is 0 Å². The molecule has 0 aromatic carbocycles. The summed E-state index contributed by atoms with van der Waals surface area (Å²) in [5.41, 5.74) is 0. The van der Waals surface area contributed by atoms with Crippen LogP contribution in [-0.2, 0) is 9.59 Å². The molecule has 1 amide bonds. The van der Waals surface area contributed by atoms with Crippen LogP contribution in [0.15, 0.2) is 12.3 Å². The van der Waals surface area contributed by atoms with Gasteiger partial charge in [-0.15, -0.1) is 0 Å². The van der Waals surface area contributed by atoms with Gasteiger partial charge in [-0.3, -0.25) is 9.59 Å². The SMILES string of the molecule is CC(=O)N1C=CC(C(=O)O)CC1. The fourth-order valence-electron chi connectivity index (χ4n) is 1.12. The number of hydrogen-bond acceptors (Lipinski definition) is 2. The van der Waals surface area contributed by atoms with Gasteiger partial charge < -0.3 is 10.0 Å². The van der Waals surface area contributed by atoms with Gasteiger partial charge >= 0.3 is 5.97 Å². The van der Waals surface area contributed by atoms with Crippen LogP contribution in [-0.4, -0.2) is 28.4 Å². The highest BCUT2D eigenvalue weighted by Crippen LogP contribution is 2.13. The van der Waals surface area contributed by atoms with Crippen molar-refractivity contribution >= 4 is 11.9 Å². The molecule has 0 aliphatic carbocycles. The zero-order valence-electron chi connectivity index (χ0n) is 6.86. The predicted molar refractivity (Wildman–Crippen MR) is 42.3 cm³/mol. The Hall–Kier alpha value is -1.32. The molecule has 0 bridgehead atoms. The van der Waals surface area contributed by atoms with Crippen LogP contribution in [0.1, 0.15) is 13.3 Å². The molecule has 1 aliphatic rings.